The highest BCUT2D eigenvalue weighted by Crippen LogP contribution is 2.08. The zero-order chi connectivity index (χ0) is 11.8. The lowest BCUT2D eigenvalue weighted by atomic mass is 10.2. The molecule has 0 fully saturated rings. The van der Waals surface area contributed by atoms with E-state index in [4.69, 9.17) is 11.2 Å². The Morgan fingerprint density at radius 3 is 2.75 bits per heavy atom. The van der Waals surface area contributed by atoms with Gasteiger partial charge in [-0.05, 0) is 31.9 Å². The maximum absolute atomic E-state index is 11.6. The third kappa shape index (κ3) is 4.18. The first-order valence-electron chi connectivity index (χ1n) is 5.43. The Hall–Kier alpha value is -1.75. The highest BCUT2D eigenvalue weighted by Gasteiger charge is 2.10. The van der Waals surface area contributed by atoms with E-state index in [9.17, 15) is 4.79 Å². The van der Waals surface area contributed by atoms with Gasteiger partial charge in [-0.15, -0.1) is 12.3 Å². The fourth-order valence-electron chi connectivity index (χ4n) is 1.38. The van der Waals surface area contributed by atoms with Crippen molar-refractivity contribution in [2.45, 2.75) is 32.3 Å². The van der Waals surface area contributed by atoms with E-state index in [0.29, 0.717) is 5.56 Å². The van der Waals surface area contributed by atoms with Crippen LogP contribution in [0.15, 0.2) is 30.3 Å². The third-order valence-corrected chi connectivity index (χ3v) is 2.25. The van der Waals surface area contributed by atoms with Crippen LogP contribution in [0, 0.1) is 12.3 Å². The van der Waals surface area contributed by atoms with Crippen molar-refractivity contribution in [1.82, 2.24) is 0 Å². The molecule has 0 saturated heterocycles. The Labute approximate surface area is 96.6 Å². The summed E-state index contributed by atoms with van der Waals surface area (Å²) in [7, 11) is 0. The molecule has 0 aliphatic rings. The molecule has 1 aromatic rings. The molecule has 0 N–H and O–H groups in total. The number of unbranched alkanes of at least 4 members (excludes halogenated alkanes) is 1. The van der Waals surface area contributed by atoms with Gasteiger partial charge < -0.3 is 4.74 Å². The molecule has 0 aliphatic carbocycles. The van der Waals surface area contributed by atoms with Crippen LogP contribution >= 0.6 is 0 Å². The van der Waals surface area contributed by atoms with E-state index in [1.807, 2.05) is 25.1 Å². The maximum Gasteiger partial charge on any atom is 0.338 e. The molecule has 0 aromatic heterocycles. The SMILES string of the molecule is C#CCCC[C@@H](C)OC(=O)c1ccccc1. The van der Waals surface area contributed by atoms with E-state index in [0.717, 1.165) is 19.3 Å². The molecule has 1 atom stereocenters. The van der Waals surface area contributed by atoms with E-state index in [1.54, 1.807) is 12.1 Å². The number of ether oxygens (including phenoxy) is 1. The lowest BCUT2D eigenvalue weighted by Gasteiger charge is -2.12. The first kappa shape index (κ1) is 12.3. The van der Waals surface area contributed by atoms with Crippen LogP contribution < -0.4 is 0 Å². The van der Waals surface area contributed by atoms with Gasteiger partial charge in [0.05, 0.1) is 11.7 Å². The number of hydrogen-bond donors (Lipinski definition) is 0. The minimum atomic E-state index is -0.270. The summed E-state index contributed by atoms with van der Waals surface area (Å²) < 4.78 is 5.28. The molecule has 0 heterocycles. The minimum Gasteiger partial charge on any atom is -0.459 e. The minimum absolute atomic E-state index is 0.0824. The van der Waals surface area contributed by atoms with Crippen molar-refractivity contribution in [3.63, 3.8) is 0 Å². The standard InChI is InChI=1S/C14H16O2/c1-3-4-6-9-12(2)16-14(15)13-10-7-5-8-11-13/h1,5,7-8,10-12H,4,6,9H2,2H3/t12-/m1/s1. The number of carbonyl (C=O) groups excluding carboxylic acids is 1. The summed E-state index contributed by atoms with van der Waals surface area (Å²) in [5, 5.41) is 0. The summed E-state index contributed by atoms with van der Waals surface area (Å²) in [4.78, 5) is 11.6. The van der Waals surface area contributed by atoms with Gasteiger partial charge in [-0.1, -0.05) is 18.2 Å². The lowest BCUT2D eigenvalue weighted by Crippen LogP contribution is -2.14. The van der Waals surface area contributed by atoms with Gasteiger partial charge in [0.2, 0.25) is 0 Å². The van der Waals surface area contributed by atoms with Crippen molar-refractivity contribution in [2.24, 2.45) is 0 Å². The number of carbonyl (C=O) groups is 1. The van der Waals surface area contributed by atoms with Gasteiger partial charge >= 0.3 is 5.97 Å². The average molecular weight is 216 g/mol. The van der Waals surface area contributed by atoms with Crippen molar-refractivity contribution in [1.29, 1.82) is 0 Å². The first-order valence-corrected chi connectivity index (χ1v) is 5.43. The number of hydrogen-bond acceptors (Lipinski definition) is 2. The molecule has 0 amide bonds. The summed E-state index contributed by atoms with van der Waals surface area (Å²) in [6, 6.07) is 9.00. The van der Waals surface area contributed by atoms with Crippen LogP contribution in [0.3, 0.4) is 0 Å². The van der Waals surface area contributed by atoms with E-state index in [-0.39, 0.29) is 12.1 Å². The number of terminal acetylenes is 1. The molecule has 0 unspecified atom stereocenters. The number of esters is 1. The first-order chi connectivity index (χ1) is 7.74. The second-order valence-electron chi connectivity index (χ2n) is 3.68. The normalized spacial score (nSPS) is 11.5. The summed E-state index contributed by atoms with van der Waals surface area (Å²) >= 11 is 0. The van der Waals surface area contributed by atoms with Crippen molar-refractivity contribution >= 4 is 5.97 Å². The second kappa shape index (κ2) is 6.68. The van der Waals surface area contributed by atoms with Crippen LogP contribution in [0.2, 0.25) is 0 Å². The van der Waals surface area contributed by atoms with E-state index in [2.05, 4.69) is 5.92 Å². The van der Waals surface area contributed by atoms with Gasteiger partial charge in [-0.2, -0.15) is 0 Å². The van der Waals surface area contributed by atoms with Crippen LogP contribution in [0.5, 0.6) is 0 Å². The van der Waals surface area contributed by atoms with Crippen molar-refractivity contribution in [2.75, 3.05) is 0 Å². The van der Waals surface area contributed by atoms with Crippen LogP contribution in [-0.2, 0) is 4.74 Å². The van der Waals surface area contributed by atoms with E-state index in [1.165, 1.54) is 0 Å². The zero-order valence-electron chi connectivity index (χ0n) is 9.48. The highest BCUT2D eigenvalue weighted by atomic mass is 16.5. The van der Waals surface area contributed by atoms with Gasteiger partial charge in [0.1, 0.15) is 0 Å². The maximum atomic E-state index is 11.6. The zero-order valence-corrected chi connectivity index (χ0v) is 9.48. The van der Waals surface area contributed by atoms with Gasteiger partial charge in [-0.25, -0.2) is 4.79 Å². The van der Waals surface area contributed by atoms with Crippen LogP contribution in [-0.4, -0.2) is 12.1 Å². The van der Waals surface area contributed by atoms with Crippen molar-refractivity contribution in [3.05, 3.63) is 35.9 Å². The molecule has 16 heavy (non-hydrogen) atoms. The topological polar surface area (TPSA) is 26.3 Å². The quantitative estimate of drug-likeness (QED) is 0.429. The monoisotopic (exact) mass is 216 g/mol. The third-order valence-electron chi connectivity index (χ3n) is 2.25. The molecule has 0 radical (unpaired) electrons. The molecule has 1 rings (SSSR count). The fourth-order valence-corrected chi connectivity index (χ4v) is 1.38. The molecule has 0 spiro atoms. The summed E-state index contributed by atoms with van der Waals surface area (Å²) in [5.41, 5.74) is 0.589. The highest BCUT2D eigenvalue weighted by molar-refractivity contribution is 5.89. The predicted octanol–water partition coefficient (Wildman–Crippen LogP) is 3.04. The Bertz CT molecular complexity index is 362. The van der Waals surface area contributed by atoms with Crippen molar-refractivity contribution < 1.29 is 9.53 Å². The Morgan fingerprint density at radius 2 is 2.12 bits per heavy atom. The van der Waals surface area contributed by atoms with Crippen molar-refractivity contribution in [3.8, 4) is 12.3 Å². The Morgan fingerprint density at radius 1 is 1.44 bits per heavy atom. The Kier molecular flexibility index (Phi) is 5.15. The molecule has 1 aromatic carbocycles. The van der Waals surface area contributed by atoms with Gasteiger partial charge in [0.25, 0.3) is 0 Å². The molecule has 2 nitrogen and oxygen atoms in total. The van der Waals surface area contributed by atoms with Gasteiger partial charge in [0, 0.05) is 6.42 Å². The molecule has 84 valence electrons. The average Bonchev–Trinajstić information content (AvgIpc) is 2.30. The van der Waals surface area contributed by atoms with Gasteiger partial charge in [-0.3, -0.25) is 0 Å². The number of rotatable bonds is 5. The van der Waals surface area contributed by atoms with Gasteiger partial charge in [0.15, 0.2) is 0 Å². The van der Waals surface area contributed by atoms with Crippen LogP contribution in [0.25, 0.3) is 0 Å². The lowest BCUT2D eigenvalue weighted by molar-refractivity contribution is 0.0321. The Balaban J connectivity index is 2.37. The smallest absolute Gasteiger partial charge is 0.338 e. The summed E-state index contributed by atoms with van der Waals surface area (Å²) in [5.74, 6) is 2.30. The second-order valence-corrected chi connectivity index (χ2v) is 3.68. The largest absolute Gasteiger partial charge is 0.459 e. The molecule has 0 bridgehead atoms. The summed E-state index contributed by atoms with van der Waals surface area (Å²) in [6.45, 7) is 1.89. The predicted molar refractivity (Wildman–Crippen MR) is 64.0 cm³/mol. The molecule has 2 heteroatoms. The van der Waals surface area contributed by atoms with E-state index >= 15 is 0 Å². The molecular weight excluding hydrogens is 200 g/mol. The molecular formula is C14H16O2. The fraction of sp³-hybridized carbons (Fsp3) is 0.357. The van der Waals surface area contributed by atoms with Crippen LogP contribution in [0.4, 0.5) is 0 Å². The molecule has 0 aliphatic heterocycles. The number of benzene rings is 1. The molecule has 0 saturated carbocycles. The van der Waals surface area contributed by atoms with E-state index < -0.39 is 0 Å². The summed E-state index contributed by atoms with van der Waals surface area (Å²) in [6.07, 6.45) is 7.49. The van der Waals surface area contributed by atoms with Crippen LogP contribution in [0.1, 0.15) is 36.5 Å².